The summed E-state index contributed by atoms with van der Waals surface area (Å²) < 4.78 is 6.80. The van der Waals surface area contributed by atoms with Gasteiger partial charge in [-0.1, -0.05) is 30.3 Å². The van der Waals surface area contributed by atoms with Crippen molar-refractivity contribution in [1.82, 2.24) is 14.9 Å². The van der Waals surface area contributed by atoms with Crippen LogP contribution in [0, 0.1) is 13.8 Å². The van der Waals surface area contributed by atoms with Crippen LogP contribution in [0.15, 0.2) is 54.7 Å². The molecule has 170 valence electrons. The van der Waals surface area contributed by atoms with E-state index in [1.807, 2.05) is 36.4 Å². The van der Waals surface area contributed by atoms with E-state index >= 15 is 0 Å². The summed E-state index contributed by atoms with van der Waals surface area (Å²) in [6.45, 7) is 8.75. The Morgan fingerprint density at radius 2 is 1.69 bits per heavy atom. The van der Waals surface area contributed by atoms with Crippen LogP contribution in [0.4, 0.5) is 0 Å². The molecule has 3 rings (SSSR count). The van der Waals surface area contributed by atoms with Crippen molar-refractivity contribution in [3.05, 3.63) is 82.8 Å². The number of esters is 1. The molecule has 1 atom stereocenters. The molecule has 6 nitrogen and oxygen atoms in total. The van der Waals surface area contributed by atoms with Gasteiger partial charge in [-0.05, 0) is 63.4 Å². The lowest BCUT2D eigenvalue weighted by atomic mass is 9.93. The van der Waals surface area contributed by atoms with Crippen molar-refractivity contribution < 1.29 is 14.6 Å². The van der Waals surface area contributed by atoms with Crippen molar-refractivity contribution >= 4 is 5.97 Å². The fourth-order valence-electron chi connectivity index (χ4n) is 3.83. The molecule has 6 heteroatoms. The molecule has 0 spiro atoms. The van der Waals surface area contributed by atoms with Gasteiger partial charge in [-0.2, -0.15) is 0 Å². The lowest BCUT2D eigenvalue weighted by molar-refractivity contribution is -0.139. The van der Waals surface area contributed by atoms with E-state index in [-0.39, 0.29) is 17.9 Å². The molecule has 2 aromatic heterocycles. The van der Waals surface area contributed by atoms with E-state index in [1.54, 1.807) is 6.20 Å². The Balaban J connectivity index is 1.56. The molecular weight excluding hydrogens is 402 g/mol. The number of benzene rings is 1. The molecule has 2 N–H and O–H groups in total. The molecule has 0 radical (unpaired) electrons. The molecule has 0 saturated carbocycles. The van der Waals surface area contributed by atoms with Crippen LogP contribution in [0.5, 0.6) is 0 Å². The van der Waals surface area contributed by atoms with Gasteiger partial charge in [0, 0.05) is 35.2 Å². The van der Waals surface area contributed by atoms with Gasteiger partial charge < -0.3 is 19.7 Å². The summed E-state index contributed by atoms with van der Waals surface area (Å²) in [7, 11) is 1.40. The number of rotatable bonds is 9. The van der Waals surface area contributed by atoms with Gasteiger partial charge in [-0.25, -0.2) is 4.98 Å². The quantitative estimate of drug-likeness (QED) is 0.499. The van der Waals surface area contributed by atoms with E-state index in [1.165, 1.54) is 7.11 Å². The molecule has 1 aromatic carbocycles. The number of carbonyl (C=O) groups excluding carboxylic acids is 1. The van der Waals surface area contributed by atoms with Gasteiger partial charge in [0.15, 0.2) is 0 Å². The van der Waals surface area contributed by atoms with Crippen molar-refractivity contribution in [2.24, 2.45) is 0 Å². The summed E-state index contributed by atoms with van der Waals surface area (Å²) in [6, 6.07) is 16.0. The van der Waals surface area contributed by atoms with Crippen molar-refractivity contribution in [3.8, 4) is 5.82 Å². The highest BCUT2D eigenvalue weighted by atomic mass is 16.5. The van der Waals surface area contributed by atoms with Crippen LogP contribution in [0.1, 0.15) is 48.0 Å². The highest BCUT2D eigenvalue weighted by Gasteiger charge is 2.20. The van der Waals surface area contributed by atoms with Crippen molar-refractivity contribution in [2.45, 2.75) is 52.2 Å². The first-order valence-corrected chi connectivity index (χ1v) is 10.9. The molecule has 3 aromatic rings. The number of aryl methyl sites for hydroxylation is 2. The van der Waals surface area contributed by atoms with E-state index in [9.17, 15) is 9.90 Å². The molecule has 0 aliphatic carbocycles. The molecule has 0 aliphatic rings. The minimum absolute atomic E-state index is 0.211. The summed E-state index contributed by atoms with van der Waals surface area (Å²) >= 11 is 0. The Kier molecular flexibility index (Phi) is 7.48. The monoisotopic (exact) mass is 435 g/mol. The van der Waals surface area contributed by atoms with E-state index in [0.717, 1.165) is 40.3 Å². The second kappa shape index (κ2) is 10.1. The molecule has 32 heavy (non-hydrogen) atoms. The van der Waals surface area contributed by atoms with Crippen LogP contribution in [0.3, 0.4) is 0 Å². The second-order valence-electron chi connectivity index (χ2n) is 8.93. The second-order valence-corrected chi connectivity index (χ2v) is 8.93. The van der Waals surface area contributed by atoms with Gasteiger partial charge in [0.1, 0.15) is 5.82 Å². The zero-order valence-corrected chi connectivity index (χ0v) is 19.6. The smallest absolute Gasteiger partial charge is 0.309 e. The number of methoxy groups -OCH3 is 1. The number of nitrogens with zero attached hydrogens (tertiary/aromatic N) is 2. The average Bonchev–Trinajstić information content (AvgIpc) is 3.11. The first-order chi connectivity index (χ1) is 15.2. The summed E-state index contributed by atoms with van der Waals surface area (Å²) in [5.41, 5.74) is 4.93. The van der Waals surface area contributed by atoms with E-state index in [2.05, 4.69) is 54.7 Å². The lowest BCUT2D eigenvalue weighted by Gasteiger charge is -2.28. The fourth-order valence-corrected chi connectivity index (χ4v) is 3.83. The molecule has 0 bridgehead atoms. The predicted octanol–water partition coefficient (Wildman–Crippen LogP) is 3.85. The summed E-state index contributed by atoms with van der Waals surface area (Å²) in [4.78, 5) is 16.0. The summed E-state index contributed by atoms with van der Waals surface area (Å²) in [5.74, 6) is 0.611. The zero-order chi connectivity index (χ0) is 23.3. The van der Waals surface area contributed by atoms with Crippen LogP contribution in [0.25, 0.3) is 5.82 Å². The highest BCUT2D eigenvalue weighted by Crippen LogP contribution is 2.19. The molecule has 0 aliphatic heterocycles. The largest absolute Gasteiger partial charge is 0.469 e. The summed E-state index contributed by atoms with van der Waals surface area (Å²) in [6.07, 6.45) is 2.17. The normalized spacial score (nSPS) is 12.6. The average molecular weight is 436 g/mol. The SMILES string of the molecule is COC(=O)Cc1ccc(CC(C)(C)NC[C@@H](O)c2ccc(-n3c(C)ccc3C)nc2)cc1. The standard InChI is InChI=1S/C26H33N3O3/c1-18-6-7-19(2)29(18)24-13-12-22(16-27-24)23(30)17-28-26(3,4)15-21-10-8-20(9-11-21)14-25(31)32-5/h6-13,16,23,28,30H,14-15,17H2,1-5H3/t23-/m1/s1. The maximum Gasteiger partial charge on any atom is 0.309 e. The van der Waals surface area contributed by atoms with E-state index in [4.69, 9.17) is 4.74 Å². The highest BCUT2D eigenvalue weighted by molar-refractivity contribution is 5.72. The van der Waals surface area contributed by atoms with Crippen LogP contribution in [0.2, 0.25) is 0 Å². The number of nitrogens with one attached hydrogen (secondary N) is 1. The number of carbonyl (C=O) groups is 1. The minimum atomic E-state index is -0.648. The number of hydrogen-bond acceptors (Lipinski definition) is 5. The predicted molar refractivity (Wildman–Crippen MR) is 126 cm³/mol. The van der Waals surface area contributed by atoms with Crippen LogP contribution >= 0.6 is 0 Å². The lowest BCUT2D eigenvalue weighted by Crippen LogP contribution is -2.43. The number of aliphatic hydroxyl groups excluding tert-OH is 1. The zero-order valence-electron chi connectivity index (χ0n) is 19.6. The van der Waals surface area contributed by atoms with Crippen molar-refractivity contribution in [2.75, 3.05) is 13.7 Å². The number of hydrogen-bond donors (Lipinski definition) is 2. The van der Waals surface area contributed by atoms with Crippen LogP contribution in [-0.2, 0) is 22.4 Å². The third kappa shape index (κ3) is 6.05. The number of pyridine rings is 1. The number of aromatic nitrogens is 2. The van der Waals surface area contributed by atoms with Crippen LogP contribution in [-0.4, -0.2) is 39.8 Å². The molecule has 0 amide bonds. The first kappa shape index (κ1) is 23.7. The molecular formula is C26H33N3O3. The Morgan fingerprint density at radius 1 is 1.06 bits per heavy atom. The van der Waals surface area contributed by atoms with Gasteiger partial charge in [-0.15, -0.1) is 0 Å². The Hall–Kier alpha value is -2.96. The number of aliphatic hydroxyl groups is 1. The molecule has 0 fully saturated rings. The Bertz CT molecular complexity index is 1020. The molecule has 2 heterocycles. The van der Waals surface area contributed by atoms with Gasteiger partial charge in [0.25, 0.3) is 0 Å². The summed E-state index contributed by atoms with van der Waals surface area (Å²) in [5, 5.41) is 14.1. The fraction of sp³-hybridized carbons (Fsp3) is 0.385. The Labute approximate surface area is 190 Å². The Morgan fingerprint density at radius 3 is 2.25 bits per heavy atom. The number of ether oxygens (including phenoxy) is 1. The molecule has 0 unspecified atom stereocenters. The topological polar surface area (TPSA) is 76.4 Å². The van der Waals surface area contributed by atoms with E-state index in [0.29, 0.717) is 6.54 Å². The van der Waals surface area contributed by atoms with Gasteiger partial charge in [0.2, 0.25) is 0 Å². The number of β-amino-alcohol motifs (C(OH)–C–C–N with tert-alkyl or cyclic N) is 1. The molecule has 0 saturated heterocycles. The first-order valence-electron chi connectivity index (χ1n) is 10.9. The maximum atomic E-state index is 11.4. The third-order valence-electron chi connectivity index (χ3n) is 5.67. The van der Waals surface area contributed by atoms with Crippen molar-refractivity contribution in [3.63, 3.8) is 0 Å². The third-order valence-corrected chi connectivity index (χ3v) is 5.67. The van der Waals surface area contributed by atoms with Crippen molar-refractivity contribution in [1.29, 1.82) is 0 Å². The van der Waals surface area contributed by atoms with Gasteiger partial charge >= 0.3 is 5.97 Å². The van der Waals surface area contributed by atoms with E-state index < -0.39 is 6.10 Å². The minimum Gasteiger partial charge on any atom is -0.469 e. The maximum absolute atomic E-state index is 11.4. The van der Waals surface area contributed by atoms with Crippen LogP contribution < -0.4 is 5.32 Å². The van der Waals surface area contributed by atoms with Gasteiger partial charge in [0.05, 0.1) is 19.6 Å². The van der Waals surface area contributed by atoms with Gasteiger partial charge in [-0.3, -0.25) is 4.79 Å².